The number of aliphatic hydroxyl groups is 1. The number of aryl methyl sites for hydroxylation is 1. The summed E-state index contributed by atoms with van der Waals surface area (Å²) in [6.07, 6.45) is 0.709. The van der Waals surface area contributed by atoms with Crippen LogP contribution in [0.1, 0.15) is 16.9 Å². The van der Waals surface area contributed by atoms with Gasteiger partial charge >= 0.3 is 0 Å². The van der Waals surface area contributed by atoms with Crippen molar-refractivity contribution in [3.05, 3.63) is 35.0 Å². The van der Waals surface area contributed by atoms with Crippen molar-refractivity contribution in [3.63, 3.8) is 0 Å². The molecule has 0 radical (unpaired) electrons. The summed E-state index contributed by atoms with van der Waals surface area (Å²) in [5.41, 5.74) is 0.562. The van der Waals surface area contributed by atoms with Gasteiger partial charge < -0.3 is 15.0 Å². The highest BCUT2D eigenvalue weighted by molar-refractivity contribution is 7.99. The van der Waals surface area contributed by atoms with Gasteiger partial charge in [0.15, 0.2) is 0 Å². The number of thioether (sulfide) groups is 1. The fourth-order valence-electron chi connectivity index (χ4n) is 2.66. The van der Waals surface area contributed by atoms with Crippen molar-refractivity contribution >= 4 is 40.2 Å². The van der Waals surface area contributed by atoms with Crippen molar-refractivity contribution in [2.24, 2.45) is 7.05 Å². The van der Waals surface area contributed by atoms with E-state index in [4.69, 9.17) is 11.6 Å². The van der Waals surface area contributed by atoms with Gasteiger partial charge in [0.1, 0.15) is 5.69 Å². The van der Waals surface area contributed by atoms with Crippen molar-refractivity contribution in [1.29, 1.82) is 0 Å². The van der Waals surface area contributed by atoms with E-state index >= 15 is 0 Å². The second-order valence-electron chi connectivity index (χ2n) is 5.45. The minimum absolute atomic E-state index is 0.246. The van der Waals surface area contributed by atoms with E-state index in [0.717, 1.165) is 16.7 Å². The van der Waals surface area contributed by atoms with Gasteiger partial charge in [0, 0.05) is 30.2 Å². The molecule has 3 rings (SSSR count). The van der Waals surface area contributed by atoms with Crippen LogP contribution >= 0.6 is 23.4 Å². The Morgan fingerprint density at radius 3 is 2.95 bits per heavy atom. The first-order valence-electron chi connectivity index (χ1n) is 6.83. The molecule has 1 aliphatic heterocycles. The number of fused-ring (bicyclic) bond motifs is 1. The van der Waals surface area contributed by atoms with Crippen molar-refractivity contribution in [2.45, 2.75) is 12.0 Å². The number of nitrogens with zero attached hydrogens (tertiary/aromatic N) is 1. The molecule has 2 aromatic rings. The standard InChI is InChI=1S/C15H17ClN2O2S/c1-18-11-5-3-2-4-10(11)12(16)13(18)14(19)17-8-15(20)6-7-21-9-15/h2-5,20H,6-9H2,1H3,(H,17,19). The van der Waals surface area contributed by atoms with Crippen LogP contribution in [0.2, 0.25) is 5.02 Å². The minimum Gasteiger partial charge on any atom is -0.387 e. The van der Waals surface area contributed by atoms with Crippen LogP contribution in [-0.2, 0) is 7.05 Å². The third kappa shape index (κ3) is 2.65. The number of hydrogen-bond donors (Lipinski definition) is 2. The summed E-state index contributed by atoms with van der Waals surface area (Å²) in [7, 11) is 1.82. The zero-order chi connectivity index (χ0) is 15.0. The van der Waals surface area contributed by atoms with E-state index in [2.05, 4.69) is 5.32 Å². The number of carbonyl (C=O) groups is 1. The molecule has 1 aromatic heterocycles. The smallest absolute Gasteiger partial charge is 0.269 e. The monoisotopic (exact) mass is 324 g/mol. The summed E-state index contributed by atoms with van der Waals surface area (Å²) in [5.74, 6) is 1.35. The first kappa shape index (κ1) is 14.8. The Morgan fingerprint density at radius 1 is 1.52 bits per heavy atom. The van der Waals surface area contributed by atoms with E-state index in [-0.39, 0.29) is 12.5 Å². The Morgan fingerprint density at radius 2 is 2.29 bits per heavy atom. The van der Waals surface area contributed by atoms with Crippen LogP contribution in [0.25, 0.3) is 10.9 Å². The van der Waals surface area contributed by atoms with Crippen LogP contribution in [0.4, 0.5) is 0 Å². The number of carbonyl (C=O) groups excluding carboxylic acids is 1. The molecule has 1 saturated heterocycles. The lowest BCUT2D eigenvalue weighted by atomic mass is 10.0. The first-order chi connectivity index (χ1) is 10.0. The Labute approximate surface area is 132 Å². The lowest BCUT2D eigenvalue weighted by Gasteiger charge is -2.21. The quantitative estimate of drug-likeness (QED) is 0.911. The molecule has 1 aromatic carbocycles. The third-order valence-electron chi connectivity index (χ3n) is 3.92. The normalized spacial score (nSPS) is 21.9. The predicted molar refractivity (Wildman–Crippen MR) is 87.2 cm³/mol. The van der Waals surface area contributed by atoms with Gasteiger partial charge in [-0.15, -0.1) is 0 Å². The number of nitrogens with one attached hydrogen (secondary N) is 1. The molecule has 1 atom stereocenters. The number of aromatic nitrogens is 1. The molecular formula is C15H17ClN2O2S. The minimum atomic E-state index is -0.794. The van der Waals surface area contributed by atoms with Gasteiger partial charge in [-0.2, -0.15) is 11.8 Å². The first-order valence-corrected chi connectivity index (χ1v) is 8.36. The van der Waals surface area contributed by atoms with Gasteiger partial charge in [-0.25, -0.2) is 0 Å². The number of para-hydroxylation sites is 1. The SMILES string of the molecule is Cn1c(C(=O)NCC2(O)CCSC2)c(Cl)c2ccccc21. The van der Waals surface area contributed by atoms with Crippen molar-refractivity contribution in [2.75, 3.05) is 18.1 Å². The van der Waals surface area contributed by atoms with Crippen LogP contribution in [0.5, 0.6) is 0 Å². The Bertz CT molecular complexity index is 653. The Kier molecular flexibility index (Phi) is 3.90. The molecule has 0 bridgehead atoms. The molecule has 1 amide bonds. The number of amides is 1. The number of halogens is 1. The summed E-state index contributed by atoms with van der Waals surface area (Å²) in [6.45, 7) is 0.261. The second-order valence-corrected chi connectivity index (χ2v) is 6.93. The maximum atomic E-state index is 12.4. The van der Waals surface area contributed by atoms with Gasteiger partial charge in [-0.05, 0) is 18.2 Å². The summed E-state index contributed by atoms with van der Waals surface area (Å²) < 4.78 is 1.79. The molecular weight excluding hydrogens is 308 g/mol. The largest absolute Gasteiger partial charge is 0.387 e. The highest BCUT2D eigenvalue weighted by Crippen LogP contribution is 2.30. The molecule has 2 heterocycles. The molecule has 1 fully saturated rings. The number of hydrogen-bond acceptors (Lipinski definition) is 3. The van der Waals surface area contributed by atoms with Crippen LogP contribution < -0.4 is 5.32 Å². The van der Waals surface area contributed by atoms with E-state index < -0.39 is 5.60 Å². The highest BCUT2D eigenvalue weighted by atomic mass is 35.5. The topological polar surface area (TPSA) is 54.3 Å². The summed E-state index contributed by atoms with van der Waals surface area (Å²) >= 11 is 8.05. The number of rotatable bonds is 3. The highest BCUT2D eigenvalue weighted by Gasteiger charge is 2.32. The molecule has 0 aliphatic carbocycles. The van der Waals surface area contributed by atoms with Gasteiger partial charge in [-0.3, -0.25) is 4.79 Å². The molecule has 6 heteroatoms. The van der Waals surface area contributed by atoms with Gasteiger partial charge in [0.2, 0.25) is 0 Å². The predicted octanol–water partition coefficient (Wildman–Crippen LogP) is 2.43. The van der Waals surface area contributed by atoms with E-state index in [9.17, 15) is 9.90 Å². The van der Waals surface area contributed by atoms with Crippen molar-refractivity contribution in [3.8, 4) is 0 Å². The molecule has 21 heavy (non-hydrogen) atoms. The fraction of sp³-hybridized carbons (Fsp3) is 0.400. The van der Waals surface area contributed by atoms with Gasteiger partial charge in [-0.1, -0.05) is 29.8 Å². The summed E-state index contributed by atoms with van der Waals surface area (Å²) in [6, 6.07) is 7.64. The molecule has 0 spiro atoms. The lowest BCUT2D eigenvalue weighted by molar-refractivity contribution is 0.0610. The third-order valence-corrected chi connectivity index (χ3v) is 5.54. The molecule has 0 saturated carbocycles. The average molecular weight is 325 g/mol. The molecule has 112 valence electrons. The van der Waals surface area contributed by atoms with Gasteiger partial charge in [0.25, 0.3) is 5.91 Å². The van der Waals surface area contributed by atoms with Gasteiger partial charge in [0.05, 0.1) is 10.6 Å². The maximum Gasteiger partial charge on any atom is 0.269 e. The van der Waals surface area contributed by atoms with Crippen LogP contribution in [0.3, 0.4) is 0 Å². The zero-order valence-electron chi connectivity index (χ0n) is 11.7. The Hall–Kier alpha value is -1.17. The van der Waals surface area contributed by atoms with Crippen LogP contribution in [0.15, 0.2) is 24.3 Å². The Balaban J connectivity index is 1.85. The molecule has 4 nitrogen and oxygen atoms in total. The van der Waals surface area contributed by atoms with E-state index in [1.807, 2.05) is 31.3 Å². The van der Waals surface area contributed by atoms with E-state index in [1.54, 1.807) is 16.3 Å². The van der Waals surface area contributed by atoms with Crippen LogP contribution in [0, 0.1) is 0 Å². The molecule has 2 N–H and O–H groups in total. The summed E-state index contributed by atoms with van der Waals surface area (Å²) in [5, 5.41) is 14.4. The fourth-order valence-corrected chi connectivity index (χ4v) is 4.33. The molecule has 1 unspecified atom stereocenters. The lowest BCUT2D eigenvalue weighted by Crippen LogP contribution is -2.43. The van der Waals surface area contributed by atoms with Crippen molar-refractivity contribution < 1.29 is 9.90 Å². The van der Waals surface area contributed by atoms with Crippen molar-refractivity contribution in [1.82, 2.24) is 9.88 Å². The second kappa shape index (κ2) is 5.55. The summed E-state index contributed by atoms with van der Waals surface area (Å²) in [4.78, 5) is 12.4. The average Bonchev–Trinajstić information content (AvgIpc) is 3.01. The van der Waals surface area contributed by atoms with E-state index in [0.29, 0.717) is 22.9 Å². The zero-order valence-corrected chi connectivity index (χ0v) is 13.3. The number of benzene rings is 1. The van der Waals surface area contributed by atoms with Crippen LogP contribution in [-0.4, -0.2) is 39.2 Å². The van der Waals surface area contributed by atoms with E-state index in [1.165, 1.54) is 0 Å². The maximum absolute atomic E-state index is 12.4. The molecule has 1 aliphatic rings.